The van der Waals surface area contributed by atoms with E-state index < -0.39 is 11.6 Å². The van der Waals surface area contributed by atoms with Crippen molar-refractivity contribution in [1.29, 1.82) is 0 Å². The highest BCUT2D eigenvalue weighted by Gasteiger charge is 2.19. The molecule has 10 heteroatoms. The molecule has 1 saturated heterocycles. The average Bonchev–Trinajstić information content (AvgIpc) is 2.88. The monoisotopic (exact) mass is 484 g/mol. The van der Waals surface area contributed by atoms with Gasteiger partial charge in [0, 0.05) is 38.9 Å². The fourth-order valence-corrected chi connectivity index (χ4v) is 3.84. The number of ether oxygens (including phenoxy) is 2. The van der Waals surface area contributed by atoms with Gasteiger partial charge in [-0.2, -0.15) is 0 Å². The lowest BCUT2D eigenvalue weighted by Crippen LogP contribution is -2.43. The van der Waals surface area contributed by atoms with Gasteiger partial charge in [0.1, 0.15) is 18.2 Å². The smallest absolute Gasteiger partial charge is 0.228 e. The van der Waals surface area contributed by atoms with Gasteiger partial charge in [-0.15, -0.1) is 0 Å². The van der Waals surface area contributed by atoms with Crippen LogP contribution in [-0.2, 0) is 19.6 Å². The Hall–Kier alpha value is -3.37. The Kier molecular flexibility index (Phi) is 8.04. The van der Waals surface area contributed by atoms with Crippen LogP contribution in [0.1, 0.15) is 23.6 Å². The zero-order chi connectivity index (χ0) is 24.8. The molecule has 0 bridgehead atoms. The number of likely N-dealkylation sites (N-methyl/N-ethyl adjacent to an activating group) is 1. The van der Waals surface area contributed by atoms with Crippen LogP contribution in [0.5, 0.6) is 11.5 Å². The summed E-state index contributed by atoms with van der Waals surface area (Å²) in [6.07, 6.45) is 5.13. The van der Waals surface area contributed by atoms with Gasteiger partial charge < -0.3 is 19.7 Å². The Morgan fingerprint density at radius 1 is 1.00 bits per heavy atom. The van der Waals surface area contributed by atoms with Gasteiger partial charge in [0.2, 0.25) is 5.95 Å². The topological polar surface area (TPSA) is 75.6 Å². The second-order valence-corrected chi connectivity index (χ2v) is 8.49. The Morgan fingerprint density at radius 3 is 2.37 bits per heavy atom. The van der Waals surface area contributed by atoms with Crippen LogP contribution >= 0.6 is 0 Å². The Bertz CT molecular complexity index is 1090. The molecule has 1 aliphatic heterocycles. The number of aromatic nitrogens is 3. The first-order chi connectivity index (χ1) is 17.0. The van der Waals surface area contributed by atoms with Crippen LogP contribution < -0.4 is 14.8 Å². The largest absolute Gasteiger partial charge is 0.494 e. The van der Waals surface area contributed by atoms with Crippen molar-refractivity contribution in [3.8, 4) is 11.5 Å². The summed E-state index contributed by atoms with van der Waals surface area (Å²) in [5.74, 6) is -0.182. The predicted octanol–water partition coefficient (Wildman–Crippen LogP) is 3.79. The van der Waals surface area contributed by atoms with E-state index in [0.717, 1.165) is 38.3 Å². The van der Waals surface area contributed by atoms with Gasteiger partial charge >= 0.3 is 0 Å². The third kappa shape index (κ3) is 6.20. The number of nitrogens with zero attached hydrogens (tertiary/aromatic N) is 5. The van der Waals surface area contributed by atoms with Crippen LogP contribution in [0.25, 0.3) is 0 Å². The van der Waals surface area contributed by atoms with Crippen LogP contribution in [0, 0.1) is 11.6 Å². The van der Waals surface area contributed by atoms with Gasteiger partial charge in [0.15, 0.2) is 17.3 Å². The van der Waals surface area contributed by atoms with E-state index in [1.807, 2.05) is 18.3 Å². The number of piperazine rings is 1. The zero-order valence-corrected chi connectivity index (χ0v) is 20.2. The van der Waals surface area contributed by atoms with Crippen molar-refractivity contribution in [3.63, 3.8) is 0 Å². The summed E-state index contributed by atoms with van der Waals surface area (Å²) in [4.78, 5) is 17.6. The Labute approximate surface area is 203 Å². The molecule has 1 aliphatic rings. The van der Waals surface area contributed by atoms with Crippen molar-refractivity contribution in [2.24, 2.45) is 0 Å². The summed E-state index contributed by atoms with van der Waals surface area (Å²) < 4.78 is 39.7. The maximum Gasteiger partial charge on any atom is 0.228 e. The second-order valence-electron chi connectivity index (χ2n) is 8.49. The van der Waals surface area contributed by atoms with Crippen LogP contribution in [0.3, 0.4) is 0 Å². The molecule has 0 atom stereocenters. The fourth-order valence-electron chi connectivity index (χ4n) is 3.84. The van der Waals surface area contributed by atoms with Crippen molar-refractivity contribution < 1.29 is 18.3 Å². The van der Waals surface area contributed by atoms with Gasteiger partial charge in [-0.25, -0.2) is 23.7 Å². The molecule has 0 saturated carbocycles. The summed E-state index contributed by atoms with van der Waals surface area (Å²) in [6, 6.07) is 5.29. The maximum atomic E-state index is 14.6. The van der Waals surface area contributed by atoms with E-state index in [4.69, 9.17) is 9.47 Å². The molecule has 2 aromatic heterocycles. The minimum Gasteiger partial charge on any atom is -0.494 e. The molecule has 0 amide bonds. The van der Waals surface area contributed by atoms with E-state index in [0.29, 0.717) is 23.8 Å². The summed E-state index contributed by atoms with van der Waals surface area (Å²) >= 11 is 0. The van der Waals surface area contributed by atoms with Crippen LogP contribution in [-0.4, -0.2) is 65.1 Å². The molecule has 4 rings (SSSR count). The lowest BCUT2D eigenvalue weighted by molar-refractivity contribution is 0.148. The van der Waals surface area contributed by atoms with E-state index in [9.17, 15) is 8.78 Å². The second kappa shape index (κ2) is 11.4. The number of pyridine rings is 1. The highest BCUT2D eigenvalue weighted by molar-refractivity contribution is 5.47. The van der Waals surface area contributed by atoms with Gasteiger partial charge in [-0.1, -0.05) is 13.0 Å². The number of nitrogens with one attached hydrogen (secondary N) is 1. The van der Waals surface area contributed by atoms with E-state index in [-0.39, 0.29) is 23.7 Å². The standard InChI is InChI=1S/C25H30F2N6O2/c1-4-18-11-21(34-3)24(27)20(23(18)26)16-35-19-13-29-25(30-14-19)31-22-6-5-17(12-28-22)15-33-9-7-32(2)8-10-33/h5-6,11-14H,4,7-10,15-16H2,1-3H3,(H,28,29,30,31). The van der Waals surface area contributed by atoms with Crippen molar-refractivity contribution >= 4 is 11.8 Å². The minimum atomic E-state index is -0.774. The molecule has 3 aromatic rings. The molecule has 35 heavy (non-hydrogen) atoms. The van der Waals surface area contributed by atoms with E-state index in [1.54, 1.807) is 6.92 Å². The van der Waals surface area contributed by atoms with Gasteiger partial charge in [0.25, 0.3) is 0 Å². The van der Waals surface area contributed by atoms with Crippen LogP contribution in [0.4, 0.5) is 20.5 Å². The summed E-state index contributed by atoms with van der Waals surface area (Å²) in [5.41, 5.74) is 1.32. The molecular weight excluding hydrogens is 454 g/mol. The van der Waals surface area contributed by atoms with Crippen LogP contribution in [0.15, 0.2) is 36.8 Å². The molecule has 0 unspecified atom stereocenters. The number of methoxy groups -OCH3 is 1. The molecular formula is C25H30F2N6O2. The first kappa shape index (κ1) is 24.7. The number of benzene rings is 1. The number of halogens is 2. The van der Waals surface area contributed by atoms with Gasteiger partial charge in [0.05, 0.1) is 25.1 Å². The van der Waals surface area contributed by atoms with Crippen molar-refractivity contribution in [2.45, 2.75) is 26.5 Å². The highest BCUT2D eigenvalue weighted by Crippen LogP contribution is 2.28. The van der Waals surface area contributed by atoms with E-state index >= 15 is 0 Å². The molecule has 1 fully saturated rings. The van der Waals surface area contributed by atoms with Crippen molar-refractivity contribution in [2.75, 3.05) is 45.7 Å². The van der Waals surface area contributed by atoms with E-state index in [1.165, 1.54) is 25.6 Å². The third-order valence-corrected chi connectivity index (χ3v) is 6.01. The molecule has 1 N–H and O–H groups in total. The van der Waals surface area contributed by atoms with Gasteiger partial charge in [-0.05, 0) is 36.7 Å². The summed E-state index contributed by atoms with van der Waals surface area (Å²) in [7, 11) is 3.48. The van der Waals surface area contributed by atoms with Crippen molar-refractivity contribution in [1.82, 2.24) is 24.8 Å². The Balaban J connectivity index is 1.33. The summed E-state index contributed by atoms with van der Waals surface area (Å²) in [5, 5.41) is 3.04. The molecule has 1 aromatic carbocycles. The fraction of sp³-hybridized carbons (Fsp3) is 0.400. The summed E-state index contributed by atoms with van der Waals surface area (Å²) in [6.45, 7) is 6.61. The highest BCUT2D eigenvalue weighted by atomic mass is 19.1. The number of rotatable bonds is 9. The van der Waals surface area contributed by atoms with E-state index in [2.05, 4.69) is 37.1 Å². The zero-order valence-electron chi connectivity index (χ0n) is 20.2. The number of hydrogen-bond acceptors (Lipinski definition) is 8. The van der Waals surface area contributed by atoms with Crippen molar-refractivity contribution in [3.05, 3.63) is 65.1 Å². The SMILES string of the molecule is CCc1cc(OC)c(F)c(COc2cnc(Nc3ccc(CN4CCN(C)CC4)cn3)nc2)c1F. The normalized spacial score (nSPS) is 14.7. The quantitative estimate of drug-likeness (QED) is 0.492. The number of hydrogen-bond donors (Lipinski definition) is 1. The lowest BCUT2D eigenvalue weighted by atomic mass is 10.1. The predicted molar refractivity (Wildman–Crippen MR) is 129 cm³/mol. The molecule has 0 spiro atoms. The average molecular weight is 485 g/mol. The Morgan fingerprint density at radius 2 is 1.74 bits per heavy atom. The third-order valence-electron chi connectivity index (χ3n) is 6.01. The van der Waals surface area contributed by atoms with Gasteiger partial charge in [-0.3, -0.25) is 4.90 Å². The molecule has 0 aliphatic carbocycles. The molecule has 0 radical (unpaired) electrons. The molecule has 8 nitrogen and oxygen atoms in total. The lowest BCUT2D eigenvalue weighted by Gasteiger charge is -2.32. The first-order valence-corrected chi connectivity index (χ1v) is 11.6. The first-order valence-electron chi connectivity index (χ1n) is 11.6. The number of anilines is 2. The molecule has 186 valence electrons. The minimum absolute atomic E-state index is 0.0142. The number of aryl methyl sites for hydroxylation is 1. The molecule has 3 heterocycles. The van der Waals surface area contributed by atoms with Crippen LogP contribution in [0.2, 0.25) is 0 Å². The maximum absolute atomic E-state index is 14.6.